The average Bonchev–Trinajstić information content (AvgIpc) is 2.46. The molecule has 1 aromatic heterocycles. The smallest absolute Gasteiger partial charge is 0.160 e. The number of nitrogen functional groups attached to an aromatic ring is 1. The minimum absolute atomic E-state index is 0.00907. The molecule has 1 heterocycles. The van der Waals surface area contributed by atoms with Gasteiger partial charge in [-0.1, -0.05) is 32.6 Å². The van der Waals surface area contributed by atoms with Crippen LogP contribution in [0.3, 0.4) is 0 Å². The zero-order valence-corrected chi connectivity index (χ0v) is 14.5. The summed E-state index contributed by atoms with van der Waals surface area (Å²) in [6.45, 7) is 2.16. The molecule has 0 aromatic carbocycles. The van der Waals surface area contributed by atoms with Crippen LogP contribution in [0.2, 0.25) is 0 Å². The molecule has 1 atom stereocenters. The first-order valence-electron chi connectivity index (χ1n) is 7.52. The van der Waals surface area contributed by atoms with Crippen LogP contribution in [-0.4, -0.2) is 17.1 Å². The molecule has 1 unspecified atom stereocenters. The lowest BCUT2D eigenvalue weighted by atomic mass is 9.85. The van der Waals surface area contributed by atoms with Gasteiger partial charge in [0.25, 0.3) is 0 Å². The summed E-state index contributed by atoms with van der Waals surface area (Å²) in [5.41, 5.74) is 7.12. The van der Waals surface area contributed by atoms with E-state index in [1.165, 1.54) is 32.1 Å². The number of nitrogens with zero attached hydrogens (tertiary/aromatic N) is 2. The highest BCUT2D eigenvalue weighted by molar-refractivity contribution is 14.1. The monoisotopic (exact) mass is 389 g/mol. The van der Waals surface area contributed by atoms with Crippen LogP contribution in [0, 0.1) is 9.49 Å². The molecule has 2 rings (SSSR count). The van der Waals surface area contributed by atoms with Crippen molar-refractivity contribution in [1.29, 1.82) is 0 Å². The molecule has 0 bridgehead atoms. The number of halogens is 1. The molecular formula is C15H24IN3O. The summed E-state index contributed by atoms with van der Waals surface area (Å²) < 4.78 is 6.71. The van der Waals surface area contributed by atoms with E-state index in [0.717, 1.165) is 27.9 Å². The Bertz CT molecular complexity index is 447. The maximum absolute atomic E-state index is 6.06. The molecule has 0 saturated heterocycles. The maximum Gasteiger partial charge on any atom is 0.160 e. The highest BCUT2D eigenvalue weighted by Crippen LogP contribution is 2.36. The molecule has 112 valence electrons. The van der Waals surface area contributed by atoms with Gasteiger partial charge >= 0.3 is 0 Å². The summed E-state index contributed by atoms with van der Waals surface area (Å²) in [6, 6.07) is 0. The van der Waals surface area contributed by atoms with Crippen LogP contribution in [0.5, 0.6) is 0 Å². The molecule has 0 spiro atoms. The van der Waals surface area contributed by atoms with Gasteiger partial charge < -0.3 is 10.5 Å². The number of anilines is 1. The summed E-state index contributed by atoms with van der Waals surface area (Å²) in [7, 11) is 1.76. The second-order valence-electron chi connectivity index (χ2n) is 5.53. The van der Waals surface area contributed by atoms with Gasteiger partial charge in [-0.25, -0.2) is 9.97 Å². The summed E-state index contributed by atoms with van der Waals surface area (Å²) in [4.78, 5) is 9.24. The highest BCUT2D eigenvalue weighted by atomic mass is 127. The first-order valence-corrected chi connectivity index (χ1v) is 8.59. The van der Waals surface area contributed by atoms with Gasteiger partial charge in [0.05, 0.1) is 9.26 Å². The second-order valence-corrected chi connectivity index (χ2v) is 6.61. The van der Waals surface area contributed by atoms with Crippen LogP contribution in [0.1, 0.15) is 63.1 Å². The van der Waals surface area contributed by atoms with Crippen molar-refractivity contribution >= 4 is 28.4 Å². The quantitative estimate of drug-likeness (QED) is 0.777. The predicted molar refractivity (Wildman–Crippen MR) is 89.5 cm³/mol. The SMILES string of the molecule is CCCc1nc(C(OC)C2CCCCC2)nc(N)c1I. The molecule has 1 aromatic rings. The highest BCUT2D eigenvalue weighted by Gasteiger charge is 2.28. The standard InChI is InChI=1S/C15H24IN3O/c1-3-7-11-12(16)14(17)19-15(18-11)13(20-2)10-8-5-4-6-9-10/h10,13H,3-9H2,1-2H3,(H2,17,18,19). The topological polar surface area (TPSA) is 61.0 Å². The Kier molecular flexibility index (Phi) is 6.01. The van der Waals surface area contributed by atoms with Crippen molar-refractivity contribution in [2.75, 3.05) is 12.8 Å². The van der Waals surface area contributed by atoms with Gasteiger partial charge in [0.2, 0.25) is 0 Å². The Labute approximate surface area is 135 Å². The second kappa shape index (κ2) is 7.54. The number of hydrogen-bond donors (Lipinski definition) is 1. The van der Waals surface area contributed by atoms with E-state index in [0.29, 0.717) is 11.7 Å². The fraction of sp³-hybridized carbons (Fsp3) is 0.733. The first kappa shape index (κ1) is 15.9. The van der Waals surface area contributed by atoms with Crippen molar-refractivity contribution in [3.05, 3.63) is 15.1 Å². The van der Waals surface area contributed by atoms with Crippen LogP contribution < -0.4 is 5.73 Å². The lowest BCUT2D eigenvalue weighted by Crippen LogP contribution is -2.21. The Hall–Kier alpha value is -0.430. The van der Waals surface area contributed by atoms with Gasteiger partial charge in [-0.2, -0.15) is 0 Å². The predicted octanol–water partition coefficient (Wildman–Crippen LogP) is 3.88. The van der Waals surface area contributed by atoms with Crippen molar-refractivity contribution in [2.45, 2.75) is 58.0 Å². The zero-order valence-electron chi connectivity index (χ0n) is 12.4. The maximum atomic E-state index is 6.06. The molecule has 4 nitrogen and oxygen atoms in total. The molecule has 1 fully saturated rings. The molecular weight excluding hydrogens is 365 g/mol. The van der Waals surface area contributed by atoms with Gasteiger partial charge in [0.15, 0.2) is 5.82 Å². The van der Waals surface area contributed by atoms with E-state index in [1.807, 2.05) is 0 Å². The minimum Gasteiger partial charge on any atom is -0.383 e. The first-order chi connectivity index (χ1) is 9.67. The lowest BCUT2D eigenvalue weighted by molar-refractivity contribution is 0.0288. The number of aromatic nitrogens is 2. The fourth-order valence-electron chi connectivity index (χ4n) is 3.01. The average molecular weight is 389 g/mol. The van der Waals surface area contributed by atoms with E-state index in [1.54, 1.807) is 7.11 Å². The van der Waals surface area contributed by atoms with Gasteiger partial charge in [-0.15, -0.1) is 0 Å². The van der Waals surface area contributed by atoms with Crippen molar-refractivity contribution in [3.8, 4) is 0 Å². The molecule has 2 N–H and O–H groups in total. The normalized spacial score (nSPS) is 18.1. The van der Waals surface area contributed by atoms with E-state index in [9.17, 15) is 0 Å². The van der Waals surface area contributed by atoms with Gasteiger partial charge in [0.1, 0.15) is 11.9 Å². The summed E-state index contributed by atoms with van der Waals surface area (Å²) in [6.07, 6.45) is 8.31. The fourth-order valence-corrected chi connectivity index (χ4v) is 3.52. The largest absolute Gasteiger partial charge is 0.383 e. The number of hydrogen-bond acceptors (Lipinski definition) is 4. The number of ether oxygens (including phenoxy) is 1. The third-order valence-electron chi connectivity index (χ3n) is 4.04. The van der Waals surface area contributed by atoms with Crippen LogP contribution in [-0.2, 0) is 11.2 Å². The van der Waals surface area contributed by atoms with Crippen LogP contribution in [0.15, 0.2) is 0 Å². The summed E-state index contributed by atoms with van der Waals surface area (Å²) >= 11 is 2.24. The lowest BCUT2D eigenvalue weighted by Gasteiger charge is -2.28. The Morgan fingerprint density at radius 2 is 2.00 bits per heavy atom. The van der Waals surface area contributed by atoms with E-state index >= 15 is 0 Å². The van der Waals surface area contributed by atoms with Crippen LogP contribution in [0.25, 0.3) is 0 Å². The molecule has 1 aliphatic rings. The number of methoxy groups -OCH3 is 1. The van der Waals surface area contributed by atoms with Crippen LogP contribution in [0.4, 0.5) is 5.82 Å². The molecule has 5 heteroatoms. The summed E-state index contributed by atoms with van der Waals surface area (Å²) in [5, 5.41) is 0. The molecule has 1 aliphatic carbocycles. The van der Waals surface area contributed by atoms with Crippen molar-refractivity contribution in [1.82, 2.24) is 9.97 Å². The Morgan fingerprint density at radius 1 is 1.30 bits per heavy atom. The molecule has 0 radical (unpaired) electrons. The van der Waals surface area contributed by atoms with E-state index in [2.05, 4.69) is 34.5 Å². The van der Waals surface area contributed by atoms with Gasteiger partial charge in [-0.05, 0) is 47.8 Å². The molecule has 20 heavy (non-hydrogen) atoms. The zero-order chi connectivity index (χ0) is 14.5. The molecule has 1 saturated carbocycles. The third kappa shape index (κ3) is 3.61. The number of aryl methyl sites for hydroxylation is 1. The van der Waals surface area contributed by atoms with Crippen molar-refractivity contribution in [3.63, 3.8) is 0 Å². The van der Waals surface area contributed by atoms with Crippen LogP contribution >= 0.6 is 22.6 Å². The minimum atomic E-state index is -0.00907. The number of rotatable bonds is 5. The van der Waals surface area contributed by atoms with Gasteiger partial charge in [-0.3, -0.25) is 0 Å². The molecule has 0 amide bonds. The molecule has 0 aliphatic heterocycles. The van der Waals surface area contributed by atoms with E-state index in [4.69, 9.17) is 15.5 Å². The third-order valence-corrected chi connectivity index (χ3v) is 5.21. The number of nitrogens with two attached hydrogens (primary N) is 1. The van der Waals surface area contributed by atoms with Crippen molar-refractivity contribution < 1.29 is 4.74 Å². The van der Waals surface area contributed by atoms with Crippen molar-refractivity contribution in [2.24, 2.45) is 5.92 Å². The van der Waals surface area contributed by atoms with Gasteiger partial charge in [0, 0.05) is 7.11 Å². The Morgan fingerprint density at radius 3 is 2.60 bits per heavy atom. The summed E-state index contributed by atoms with van der Waals surface area (Å²) in [5.74, 6) is 1.90. The Balaban J connectivity index is 2.28. The van der Waals surface area contributed by atoms with E-state index in [-0.39, 0.29) is 6.10 Å². The van der Waals surface area contributed by atoms with E-state index < -0.39 is 0 Å².